The van der Waals surface area contributed by atoms with E-state index >= 15 is 0 Å². The summed E-state index contributed by atoms with van der Waals surface area (Å²) in [5.74, 6) is 0.828. The van der Waals surface area contributed by atoms with Gasteiger partial charge in [0.15, 0.2) is 11.6 Å². The van der Waals surface area contributed by atoms with Gasteiger partial charge in [0.05, 0.1) is 33.2 Å². The molecule has 0 radical (unpaired) electrons. The zero-order chi connectivity index (χ0) is 25.1. The third kappa shape index (κ3) is 3.36. The smallest absolute Gasteiger partial charge is 0.262 e. The molecule has 8 heteroatoms. The van der Waals surface area contributed by atoms with Gasteiger partial charge in [-0.15, -0.1) is 0 Å². The molecule has 2 aromatic carbocycles. The minimum atomic E-state index is -0.273. The van der Waals surface area contributed by atoms with E-state index in [9.17, 15) is 9.59 Å². The van der Waals surface area contributed by atoms with Gasteiger partial charge in [0.25, 0.3) is 11.8 Å². The lowest BCUT2D eigenvalue weighted by Gasteiger charge is -2.18. The first kappa shape index (κ1) is 22.3. The monoisotopic (exact) mass is 478 g/mol. The Morgan fingerprint density at radius 2 is 0.917 bits per heavy atom. The van der Waals surface area contributed by atoms with Crippen LogP contribution in [0.4, 0.5) is 11.6 Å². The highest BCUT2D eigenvalue weighted by molar-refractivity contribution is 6.49. The number of fused-ring (bicyclic) bond motifs is 4. The standard InChI is InChI=1S/C28H26N6O2/c1-15(2)13-33-25-23(29-17-9-5-7-11-19(17)31-25)21(27(33)35)22-24-26(34(28(22)36)14-16(3)4)32-20-12-8-6-10-18(20)30-24/h5-12,15-16H,13-14H2,1-4H3/b22-21+. The van der Waals surface area contributed by atoms with Crippen LogP contribution < -0.4 is 9.80 Å². The maximum atomic E-state index is 14.0. The molecule has 0 spiro atoms. The molecule has 2 aliphatic rings. The van der Waals surface area contributed by atoms with Crippen LogP contribution in [0.25, 0.3) is 33.2 Å². The quantitative estimate of drug-likeness (QED) is 0.401. The molecular weight excluding hydrogens is 452 g/mol. The van der Waals surface area contributed by atoms with Crippen molar-refractivity contribution in [3.63, 3.8) is 0 Å². The van der Waals surface area contributed by atoms with E-state index in [-0.39, 0.29) is 34.8 Å². The highest BCUT2D eigenvalue weighted by Gasteiger charge is 2.45. The Labute approximate surface area is 208 Å². The number of amides is 2. The van der Waals surface area contributed by atoms with Crippen LogP contribution >= 0.6 is 0 Å². The second-order valence-electron chi connectivity index (χ2n) is 10.1. The Morgan fingerprint density at radius 3 is 1.25 bits per heavy atom. The van der Waals surface area contributed by atoms with Gasteiger partial charge < -0.3 is 0 Å². The summed E-state index contributed by atoms with van der Waals surface area (Å²) in [6.45, 7) is 9.12. The zero-order valence-corrected chi connectivity index (χ0v) is 20.7. The summed E-state index contributed by atoms with van der Waals surface area (Å²) < 4.78 is 0. The zero-order valence-electron chi connectivity index (χ0n) is 20.7. The fraction of sp³-hybridized carbons (Fsp3) is 0.286. The van der Waals surface area contributed by atoms with Gasteiger partial charge in [-0.1, -0.05) is 52.0 Å². The van der Waals surface area contributed by atoms with Crippen molar-refractivity contribution < 1.29 is 9.59 Å². The van der Waals surface area contributed by atoms with E-state index in [0.29, 0.717) is 58.2 Å². The first-order valence-electron chi connectivity index (χ1n) is 12.3. The molecule has 2 aromatic heterocycles. The maximum Gasteiger partial charge on any atom is 0.262 e. The molecule has 180 valence electrons. The van der Waals surface area contributed by atoms with Crippen LogP contribution in [0, 0.1) is 11.8 Å². The molecule has 0 aliphatic carbocycles. The van der Waals surface area contributed by atoms with Gasteiger partial charge in [0.2, 0.25) is 0 Å². The first-order valence-corrected chi connectivity index (χ1v) is 12.3. The molecular formula is C28H26N6O2. The van der Waals surface area contributed by atoms with E-state index in [1.54, 1.807) is 9.80 Å². The van der Waals surface area contributed by atoms with Crippen molar-refractivity contribution in [1.82, 2.24) is 19.9 Å². The summed E-state index contributed by atoms with van der Waals surface area (Å²) in [4.78, 5) is 50.6. The molecule has 2 amide bonds. The van der Waals surface area contributed by atoms with Crippen molar-refractivity contribution in [3.05, 3.63) is 59.9 Å². The molecule has 0 saturated heterocycles. The van der Waals surface area contributed by atoms with Crippen molar-refractivity contribution in [3.8, 4) is 0 Å². The number of benzene rings is 2. The maximum absolute atomic E-state index is 14.0. The number of para-hydroxylation sites is 4. The topological polar surface area (TPSA) is 92.2 Å². The number of aromatic nitrogens is 4. The lowest BCUT2D eigenvalue weighted by atomic mass is 10.0. The normalized spacial score (nSPS) is 17.3. The fourth-order valence-electron chi connectivity index (χ4n) is 4.88. The Kier molecular flexibility index (Phi) is 5.07. The molecule has 36 heavy (non-hydrogen) atoms. The van der Waals surface area contributed by atoms with Crippen LogP contribution in [-0.2, 0) is 9.59 Å². The third-order valence-corrected chi connectivity index (χ3v) is 6.35. The minimum absolute atomic E-state index is 0.201. The molecule has 0 bridgehead atoms. The average molecular weight is 479 g/mol. The Morgan fingerprint density at radius 1 is 0.583 bits per heavy atom. The predicted molar refractivity (Wildman–Crippen MR) is 140 cm³/mol. The molecule has 2 aliphatic heterocycles. The third-order valence-electron chi connectivity index (χ3n) is 6.35. The first-order chi connectivity index (χ1) is 17.3. The van der Waals surface area contributed by atoms with Crippen molar-refractivity contribution in [2.75, 3.05) is 22.9 Å². The Balaban J connectivity index is 1.67. The second kappa shape index (κ2) is 8.19. The molecule has 6 rings (SSSR count). The highest BCUT2D eigenvalue weighted by Crippen LogP contribution is 2.45. The van der Waals surface area contributed by atoms with E-state index in [4.69, 9.17) is 19.9 Å². The van der Waals surface area contributed by atoms with Crippen molar-refractivity contribution in [2.24, 2.45) is 11.8 Å². The van der Waals surface area contributed by atoms with E-state index in [1.807, 2.05) is 76.2 Å². The van der Waals surface area contributed by atoms with Gasteiger partial charge in [0, 0.05) is 13.1 Å². The predicted octanol–water partition coefficient (Wildman–Crippen LogP) is 4.49. The summed E-state index contributed by atoms with van der Waals surface area (Å²) >= 11 is 0. The van der Waals surface area contributed by atoms with Crippen LogP contribution in [-0.4, -0.2) is 44.8 Å². The number of carbonyl (C=O) groups excluding carboxylic acids is 2. The fourth-order valence-corrected chi connectivity index (χ4v) is 4.88. The average Bonchev–Trinajstić information content (AvgIpc) is 3.25. The molecule has 0 fully saturated rings. The van der Waals surface area contributed by atoms with Crippen LogP contribution in [0.15, 0.2) is 48.5 Å². The van der Waals surface area contributed by atoms with Crippen LogP contribution in [0.1, 0.15) is 39.1 Å². The summed E-state index contributed by atoms with van der Waals surface area (Å²) in [6.07, 6.45) is 0. The number of carbonyl (C=O) groups is 2. The van der Waals surface area contributed by atoms with Gasteiger partial charge in [0.1, 0.15) is 11.4 Å². The molecule has 0 saturated carbocycles. The molecule has 0 atom stereocenters. The van der Waals surface area contributed by atoms with Crippen molar-refractivity contribution in [2.45, 2.75) is 27.7 Å². The summed E-state index contributed by atoms with van der Waals surface area (Å²) in [6, 6.07) is 15.1. The summed E-state index contributed by atoms with van der Waals surface area (Å²) in [7, 11) is 0. The van der Waals surface area contributed by atoms with Crippen molar-refractivity contribution >= 4 is 56.7 Å². The van der Waals surface area contributed by atoms with Gasteiger partial charge in [-0.25, -0.2) is 19.9 Å². The number of rotatable bonds is 4. The molecule has 4 heterocycles. The van der Waals surface area contributed by atoms with E-state index in [0.717, 1.165) is 0 Å². The van der Waals surface area contributed by atoms with Crippen molar-refractivity contribution in [1.29, 1.82) is 0 Å². The number of hydrogen-bond donors (Lipinski definition) is 0. The molecule has 8 nitrogen and oxygen atoms in total. The van der Waals surface area contributed by atoms with E-state index in [2.05, 4.69) is 0 Å². The second-order valence-corrected chi connectivity index (χ2v) is 10.1. The van der Waals surface area contributed by atoms with Crippen LogP contribution in [0.2, 0.25) is 0 Å². The SMILES string of the molecule is CC(C)CN1C(=O)/C(=C2/C(=O)N(CC(C)C)c3nc4ccccc4nc32)c2nc3ccccc3nc21. The largest absolute Gasteiger partial charge is 0.291 e. The summed E-state index contributed by atoms with van der Waals surface area (Å²) in [5, 5.41) is 0. The Hall–Kier alpha value is -4.20. The molecule has 0 N–H and O–H groups in total. The van der Waals surface area contributed by atoms with Gasteiger partial charge in [-0.05, 0) is 36.1 Å². The van der Waals surface area contributed by atoms with E-state index in [1.165, 1.54) is 0 Å². The Bertz CT molecular complexity index is 1490. The summed E-state index contributed by atoms with van der Waals surface area (Å²) in [5.41, 5.74) is 4.11. The highest BCUT2D eigenvalue weighted by atomic mass is 16.2. The molecule has 4 aromatic rings. The van der Waals surface area contributed by atoms with Crippen LogP contribution in [0.5, 0.6) is 0 Å². The van der Waals surface area contributed by atoms with E-state index < -0.39 is 0 Å². The van der Waals surface area contributed by atoms with Crippen LogP contribution in [0.3, 0.4) is 0 Å². The minimum Gasteiger partial charge on any atom is -0.291 e. The lowest BCUT2D eigenvalue weighted by molar-refractivity contribution is -0.114. The number of hydrogen-bond acceptors (Lipinski definition) is 6. The molecule has 0 unspecified atom stereocenters. The number of nitrogens with zero attached hydrogens (tertiary/aromatic N) is 6. The van der Waals surface area contributed by atoms with Gasteiger partial charge >= 0.3 is 0 Å². The van der Waals surface area contributed by atoms with Gasteiger partial charge in [-0.3, -0.25) is 19.4 Å². The lowest BCUT2D eigenvalue weighted by Crippen LogP contribution is -2.33. The number of anilines is 2. The van der Waals surface area contributed by atoms with Gasteiger partial charge in [-0.2, -0.15) is 0 Å².